The van der Waals surface area contributed by atoms with Gasteiger partial charge in [-0.25, -0.2) is 0 Å². The lowest BCUT2D eigenvalue weighted by molar-refractivity contribution is -0.149. The largest absolute Gasteiger partial charge is 0.466 e. The Morgan fingerprint density at radius 2 is 2.19 bits per heavy atom. The number of aryl methyl sites for hydroxylation is 2. The number of nitrogens with one attached hydrogen (secondary N) is 1. The van der Waals surface area contributed by atoms with Gasteiger partial charge in [0, 0.05) is 26.3 Å². The van der Waals surface area contributed by atoms with Crippen molar-refractivity contribution in [3.63, 3.8) is 0 Å². The summed E-state index contributed by atoms with van der Waals surface area (Å²) in [7, 11) is 1.88. The number of aromatic nitrogens is 2. The van der Waals surface area contributed by atoms with Crippen LogP contribution in [-0.2, 0) is 16.6 Å². The first kappa shape index (κ1) is 15.8. The number of thiocarbonyl (C=S) groups is 1. The van der Waals surface area contributed by atoms with Crippen LogP contribution in [0.4, 0.5) is 5.69 Å². The molecule has 1 aromatic rings. The summed E-state index contributed by atoms with van der Waals surface area (Å²) in [5.41, 5.74) is 1.84. The van der Waals surface area contributed by atoms with Gasteiger partial charge in [0.1, 0.15) is 0 Å². The second-order valence-electron chi connectivity index (χ2n) is 5.25. The highest BCUT2D eigenvalue weighted by atomic mass is 32.1. The number of hydrogen-bond acceptors (Lipinski definition) is 4. The lowest BCUT2D eigenvalue weighted by Gasteiger charge is -2.32. The van der Waals surface area contributed by atoms with Crippen LogP contribution < -0.4 is 5.32 Å². The predicted octanol–water partition coefficient (Wildman–Crippen LogP) is 1.70. The van der Waals surface area contributed by atoms with Gasteiger partial charge < -0.3 is 15.0 Å². The number of ether oxygens (including phenoxy) is 1. The monoisotopic (exact) mass is 310 g/mol. The summed E-state index contributed by atoms with van der Waals surface area (Å²) in [4.78, 5) is 13.8. The number of carbonyl (C=O) groups excluding carboxylic acids is 1. The fraction of sp³-hybridized carbons (Fsp3) is 0.643. The van der Waals surface area contributed by atoms with Crippen molar-refractivity contribution >= 4 is 29.0 Å². The molecule has 2 rings (SSSR count). The summed E-state index contributed by atoms with van der Waals surface area (Å²) in [5, 5.41) is 8.20. The number of piperidine rings is 1. The van der Waals surface area contributed by atoms with Gasteiger partial charge in [-0.1, -0.05) is 0 Å². The zero-order chi connectivity index (χ0) is 15.4. The molecule has 0 bridgehead atoms. The van der Waals surface area contributed by atoms with Crippen LogP contribution in [0.25, 0.3) is 0 Å². The van der Waals surface area contributed by atoms with Crippen molar-refractivity contribution in [3.05, 3.63) is 11.9 Å². The molecule has 0 amide bonds. The maximum absolute atomic E-state index is 11.7. The molecule has 0 unspecified atom stereocenters. The number of rotatable bonds is 3. The topological polar surface area (TPSA) is 59.4 Å². The molecule has 1 aromatic heterocycles. The highest BCUT2D eigenvalue weighted by molar-refractivity contribution is 7.80. The third kappa shape index (κ3) is 3.93. The quantitative estimate of drug-likeness (QED) is 0.677. The van der Waals surface area contributed by atoms with Gasteiger partial charge in [0.2, 0.25) is 0 Å². The summed E-state index contributed by atoms with van der Waals surface area (Å²) in [6.07, 6.45) is 3.48. The van der Waals surface area contributed by atoms with Gasteiger partial charge in [-0.05, 0) is 38.9 Å². The molecule has 116 valence electrons. The molecular formula is C14H22N4O2S. The minimum atomic E-state index is -0.0841. The first-order valence-electron chi connectivity index (χ1n) is 7.24. The average Bonchev–Trinajstić information content (AvgIpc) is 2.77. The molecule has 0 aliphatic carbocycles. The summed E-state index contributed by atoms with van der Waals surface area (Å²) >= 11 is 5.44. The number of likely N-dealkylation sites (tertiary alicyclic amines) is 1. The molecular weight excluding hydrogens is 288 g/mol. The molecule has 0 atom stereocenters. The van der Waals surface area contributed by atoms with Gasteiger partial charge in [0.05, 0.1) is 23.9 Å². The number of carbonyl (C=O) groups is 1. The molecule has 1 fully saturated rings. The van der Waals surface area contributed by atoms with Gasteiger partial charge in [0.15, 0.2) is 5.11 Å². The van der Waals surface area contributed by atoms with Crippen LogP contribution in [-0.4, -0.2) is 45.5 Å². The standard InChI is InChI=1S/C14H22N4O2S/c1-4-20-13(19)11-5-7-18(8-6-11)14(21)15-12-9-17(3)16-10(12)2/h9,11H,4-8H2,1-3H3,(H,15,21). The second-order valence-corrected chi connectivity index (χ2v) is 5.63. The molecule has 1 aliphatic rings. The fourth-order valence-corrected chi connectivity index (χ4v) is 2.79. The lowest BCUT2D eigenvalue weighted by atomic mass is 9.97. The van der Waals surface area contributed by atoms with Crippen molar-refractivity contribution in [3.8, 4) is 0 Å². The summed E-state index contributed by atoms with van der Waals surface area (Å²) in [6.45, 7) is 5.77. The molecule has 0 aromatic carbocycles. The van der Waals surface area contributed by atoms with E-state index in [1.54, 1.807) is 4.68 Å². The third-order valence-corrected chi connectivity index (χ3v) is 4.02. The lowest BCUT2D eigenvalue weighted by Crippen LogP contribution is -2.42. The fourth-order valence-electron chi connectivity index (χ4n) is 2.49. The van der Waals surface area contributed by atoms with E-state index < -0.39 is 0 Å². The van der Waals surface area contributed by atoms with Gasteiger partial charge in [-0.2, -0.15) is 5.10 Å². The first-order chi connectivity index (χ1) is 10.0. The maximum atomic E-state index is 11.7. The van der Waals surface area contributed by atoms with Crippen LogP contribution in [0.2, 0.25) is 0 Å². The van der Waals surface area contributed by atoms with Crippen LogP contribution in [0.15, 0.2) is 6.20 Å². The average molecular weight is 310 g/mol. The van der Waals surface area contributed by atoms with Crippen LogP contribution in [0.1, 0.15) is 25.5 Å². The Bertz CT molecular complexity index is 521. The summed E-state index contributed by atoms with van der Waals surface area (Å²) < 4.78 is 6.83. The zero-order valence-electron chi connectivity index (χ0n) is 12.8. The molecule has 0 radical (unpaired) electrons. The van der Waals surface area contributed by atoms with Crippen LogP contribution in [0.3, 0.4) is 0 Å². The van der Waals surface area contributed by atoms with E-state index in [-0.39, 0.29) is 11.9 Å². The zero-order valence-corrected chi connectivity index (χ0v) is 13.6. The van der Waals surface area contributed by atoms with Gasteiger partial charge >= 0.3 is 5.97 Å². The number of hydrogen-bond donors (Lipinski definition) is 1. The Morgan fingerprint density at radius 3 is 2.71 bits per heavy atom. The van der Waals surface area contributed by atoms with Crippen molar-refractivity contribution in [2.24, 2.45) is 13.0 Å². The predicted molar refractivity (Wildman–Crippen MR) is 85.1 cm³/mol. The molecule has 7 heteroatoms. The van der Waals surface area contributed by atoms with Crippen molar-refractivity contribution in [2.75, 3.05) is 25.0 Å². The molecule has 0 spiro atoms. The first-order valence-corrected chi connectivity index (χ1v) is 7.65. The molecule has 2 heterocycles. The molecule has 1 N–H and O–H groups in total. The number of anilines is 1. The molecule has 6 nitrogen and oxygen atoms in total. The Labute approximate surface area is 130 Å². The maximum Gasteiger partial charge on any atom is 0.309 e. The molecule has 0 saturated carbocycles. The molecule has 1 aliphatic heterocycles. The van der Waals surface area contributed by atoms with Gasteiger partial charge in [0.25, 0.3) is 0 Å². The minimum absolute atomic E-state index is 0.00382. The van der Waals surface area contributed by atoms with E-state index in [0.29, 0.717) is 11.7 Å². The van der Waals surface area contributed by atoms with E-state index in [1.807, 2.05) is 27.1 Å². The van der Waals surface area contributed by atoms with Gasteiger partial charge in [-0.3, -0.25) is 9.48 Å². The Morgan fingerprint density at radius 1 is 1.52 bits per heavy atom. The summed E-state index contributed by atoms with van der Waals surface area (Å²) in [6, 6.07) is 0. The van der Waals surface area contributed by atoms with E-state index in [2.05, 4.69) is 15.3 Å². The highest BCUT2D eigenvalue weighted by Crippen LogP contribution is 2.20. The molecule has 21 heavy (non-hydrogen) atoms. The Kier molecular flexibility index (Phi) is 5.17. The summed E-state index contributed by atoms with van der Waals surface area (Å²) in [5.74, 6) is -0.0803. The van der Waals surface area contributed by atoms with Crippen LogP contribution >= 0.6 is 12.2 Å². The SMILES string of the molecule is CCOC(=O)C1CCN(C(=S)Nc2cn(C)nc2C)CC1. The smallest absolute Gasteiger partial charge is 0.309 e. The Hall–Kier alpha value is -1.63. The van der Waals surface area contributed by atoms with E-state index >= 15 is 0 Å². The van der Waals surface area contributed by atoms with Crippen molar-refractivity contribution in [1.29, 1.82) is 0 Å². The van der Waals surface area contributed by atoms with Gasteiger partial charge in [-0.15, -0.1) is 0 Å². The van der Waals surface area contributed by atoms with E-state index in [4.69, 9.17) is 17.0 Å². The second kappa shape index (κ2) is 6.89. The van der Waals surface area contributed by atoms with Crippen molar-refractivity contribution in [2.45, 2.75) is 26.7 Å². The van der Waals surface area contributed by atoms with E-state index in [1.165, 1.54) is 0 Å². The van der Waals surface area contributed by atoms with Crippen LogP contribution in [0, 0.1) is 12.8 Å². The number of esters is 1. The van der Waals surface area contributed by atoms with E-state index in [0.717, 1.165) is 37.3 Å². The third-order valence-electron chi connectivity index (χ3n) is 3.66. The van der Waals surface area contributed by atoms with E-state index in [9.17, 15) is 4.79 Å². The molecule has 1 saturated heterocycles. The minimum Gasteiger partial charge on any atom is -0.466 e. The number of nitrogens with zero attached hydrogens (tertiary/aromatic N) is 3. The highest BCUT2D eigenvalue weighted by Gasteiger charge is 2.27. The van der Waals surface area contributed by atoms with Crippen molar-refractivity contribution in [1.82, 2.24) is 14.7 Å². The van der Waals surface area contributed by atoms with Crippen molar-refractivity contribution < 1.29 is 9.53 Å². The van der Waals surface area contributed by atoms with Crippen LogP contribution in [0.5, 0.6) is 0 Å². The normalized spacial score (nSPS) is 15.9. The Balaban J connectivity index is 1.86.